The first-order valence-electron chi connectivity index (χ1n) is 7.64. The minimum atomic E-state index is -0.646. The zero-order chi connectivity index (χ0) is 18.7. The molecule has 0 unspecified atom stereocenters. The van der Waals surface area contributed by atoms with Gasteiger partial charge in [0.15, 0.2) is 23.0 Å². The van der Waals surface area contributed by atoms with Crippen molar-refractivity contribution in [2.24, 2.45) is 0 Å². The first kappa shape index (κ1) is 17.5. The fourth-order valence-electron chi connectivity index (χ4n) is 2.58. The molecule has 1 aromatic heterocycles. The minimum Gasteiger partial charge on any atom is -0.493 e. The normalized spacial score (nSPS) is 10.5. The van der Waals surface area contributed by atoms with Gasteiger partial charge in [-0.05, 0) is 30.3 Å². The lowest BCUT2D eigenvalue weighted by Gasteiger charge is -2.14. The van der Waals surface area contributed by atoms with Crippen molar-refractivity contribution >= 4 is 5.78 Å². The molecule has 134 valence electrons. The zero-order valence-corrected chi connectivity index (χ0v) is 14.4. The van der Waals surface area contributed by atoms with Crippen molar-refractivity contribution in [3.05, 3.63) is 59.5 Å². The number of hydrogen-bond donors (Lipinski definition) is 0. The molecule has 7 heteroatoms. The summed E-state index contributed by atoms with van der Waals surface area (Å²) in [6.45, 7) is 0. The van der Waals surface area contributed by atoms with Crippen molar-refractivity contribution in [3.63, 3.8) is 0 Å². The Bertz CT molecular complexity index is 912. The van der Waals surface area contributed by atoms with Crippen molar-refractivity contribution in [3.8, 4) is 28.6 Å². The number of carbonyl (C=O) groups is 1. The highest BCUT2D eigenvalue weighted by Gasteiger charge is 2.21. The van der Waals surface area contributed by atoms with Gasteiger partial charge in [-0.15, -0.1) is 0 Å². The van der Waals surface area contributed by atoms with Crippen LogP contribution in [0.5, 0.6) is 17.2 Å². The predicted molar refractivity (Wildman–Crippen MR) is 91.4 cm³/mol. The van der Waals surface area contributed by atoms with Crippen LogP contribution in [-0.4, -0.2) is 32.3 Å². The van der Waals surface area contributed by atoms with Crippen molar-refractivity contribution in [2.45, 2.75) is 0 Å². The highest BCUT2D eigenvalue weighted by atomic mass is 19.1. The summed E-state index contributed by atoms with van der Waals surface area (Å²) in [6.07, 6.45) is 1.47. The van der Waals surface area contributed by atoms with E-state index in [4.69, 9.17) is 18.7 Å². The van der Waals surface area contributed by atoms with Crippen molar-refractivity contribution in [2.75, 3.05) is 21.3 Å². The Hall–Kier alpha value is -3.35. The Balaban J connectivity index is 2.08. The van der Waals surface area contributed by atoms with E-state index < -0.39 is 11.6 Å². The summed E-state index contributed by atoms with van der Waals surface area (Å²) in [5.74, 6) is 0.227. The van der Waals surface area contributed by atoms with Gasteiger partial charge >= 0.3 is 0 Å². The molecule has 26 heavy (non-hydrogen) atoms. The van der Waals surface area contributed by atoms with E-state index in [1.807, 2.05) is 0 Å². The van der Waals surface area contributed by atoms with Gasteiger partial charge in [0.25, 0.3) is 0 Å². The third-order valence-electron chi connectivity index (χ3n) is 3.86. The molecule has 0 saturated carbocycles. The van der Waals surface area contributed by atoms with Crippen LogP contribution in [-0.2, 0) is 0 Å². The molecule has 0 N–H and O–H groups in total. The third kappa shape index (κ3) is 3.11. The minimum absolute atomic E-state index is 0.104. The Labute approximate surface area is 149 Å². The first-order valence-corrected chi connectivity index (χ1v) is 7.64. The molecule has 0 aliphatic carbocycles. The molecule has 0 spiro atoms. The molecular weight excluding hydrogens is 341 g/mol. The molecule has 0 aliphatic heterocycles. The molecule has 2 aromatic carbocycles. The van der Waals surface area contributed by atoms with Gasteiger partial charge in [0.1, 0.15) is 5.82 Å². The second-order valence-corrected chi connectivity index (χ2v) is 5.31. The van der Waals surface area contributed by atoms with E-state index in [1.54, 1.807) is 6.07 Å². The number of benzene rings is 2. The van der Waals surface area contributed by atoms with E-state index >= 15 is 0 Å². The number of ketones is 1. The second-order valence-electron chi connectivity index (χ2n) is 5.31. The number of carbonyl (C=O) groups excluding carboxylic acids is 1. The fourth-order valence-corrected chi connectivity index (χ4v) is 2.58. The van der Waals surface area contributed by atoms with Crippen LogP contribution in [0, 0.1) is 5.82 Å². The zero-order valence-electron chi connectivity index (χ0n) is 14.4. The standard InChI is InChI=1S/C19H16FNO5/c1-23-16-9-12(10-17(24-2)19(16)25-3)18(22)13-8-11(4-5-14(13)20)15-6-7-21-26-15/h4-10H,1-3H3. The van der Waals surface area contributed by atoms with E-state index in [2.05, 4.69) is 5.16 Å². The topological polar surface area (TPSA) is 70.8 Å². The summed E-state index contributed by atoms with van der Waals surface area (Å²) in [4.78, 5) is 12.9. The molecule has 0 radical (unpaired) electrons. The summed E-state index contributed by atoms with van der Waals surface area (Å²) >= 11 is 0. The molecular formula is C19H16FNO5. The lowest BCUT2D eigenvalue weighted by atomic mass is 9.99. The van der Waals surface area contributed by atoms with Crippen molar-refractivity contribution in [1.29, 1.82) is 0 Å². The summed E-state index contributed by atoms with van der Waals surface area (Å²) in [5.41, 5.74) is 0.640. The molecule has 0 fully saturated rings. The Morgan fingerprint density at radius 1 is 1.00 bits per heavy atom. The van der Waals surface area contributed by atoms with E-state index in [1.165, 1.54) is 57.9 Å². The lowest BCUT2D eigenvalue weighted by Crippen LogP contribution is -2.06. The molecule has 1 heterocycles. The molecule has 0 amide bonds. The Morgan fingerprint density at radius 3 is 2.23 bits per heavy atom. The Kier molecular flexibility index (Phi) is 4.88. The number of ether oxygens (including phenoxy) is 3. The van der Waals surface area contributed by atoms with E-state index in [0.717, 1.165) is 0 Å². The molecule has 0 aliphatic rings. The van der Waals surface area contributed by atoms with Gasteiger partial charge in [-0.2, -0.15) is 0 Å². The maximum atomic E-state index is 14.3. The van der Waals surface area contributed by atoms with Crippen molar-refractivity contribution in [1.82, 2.24) is 5.16 Å². The lowest BCUT2D eigenvalue weighted by molar-refractivity contribution is 0.103. The van der Waals surface area contributed by atoms with Crippen LogP contribution in [0.1, 0.15) is 15.9 Å². The summed E-state index contributed by atoms with van der Waals surface area (Å²) in [6, 6.07) is 8.72. The SMILES string of the molecule is COc1cc(C(=O)c2cc(-c3ccno3)ccc2F)cc(OC)c1OC. The van der Waals surface area contributed by atoms with Gasteiger partial charge in [-0.3, -0.25) is 4.79 Å². The average Bonchev–Trinajstić information content (AvgIpc) is 3.21. The fraction of sp³-hybridized carbons (Fsp3) is 0.158. The number of methoxy groups -OCH3 is 3. The first-order chi connectivity index (χ1) is 12.6. The van der Waals surface area contributed by atoms with Gasteiger partial charge in [-0.1, -0.05) is 5.16 Å². The predicted octanol–water partition coefficient (Wildman–Crippen LogP) is 3.74. The summed E-state index contributed by atoms with van der Waals surface area (Å²) in [7, 11) is 4.34. The number of nitrogens with zero attached hydrogens (tertiary/aromatic N) is 1. The van der Waals surface area contributed by atoms with Crippen LogP contribution in [0.15, 0.2) is 47.1 Å². The highest BCUT2D eigenvalue weighted by Crippen LogP contribution is 2.39. The van der Waals surface area contributed by atoms with Crippen LogP contribution < -0.4 is 14.2 Å². The number of hydrogen-bond acceptors (Lipinski definition) is 6. The smallest absolute Gasteiger partial charge is 0.203 e. The van der Waals surface area contributed by atoms with E-state index in [9.17, 15) is 9.18 Å². The van der Waals surface area contributed by atoms with Crippen LogP contribution in [0.4, 0.5) is 4.39 Å². The van der Waals surface area contributed by atoms with Crippen LogP contribution >= 0.6 is 0 Å². The number of rotatable bonds is 6. The molecule has 0 saturated heterocycles. The van der Waals surface area contributed by atoms with E-state index in [0.29, 0.717) is 28.6 Å². The highest BCUT2D eigenvalue weighted by molar-refractivity contribution is 6.10. The van der Waals surface area contributed by atoms with Crippen molar-refractivity contribution < 1.29 is 27.9 Å². The number of aromatic nitrogens is 1. The van der Waals surface area contributed by atoms with Crippen LogP contribution in [0.25, 0.3) is 11.3 Å². The van der Waals surface area contributed by atoms with E-state index in [-0.39, 0.29) is 11.1 Å². The van der Waals surface area contributed by atoms with Crippen LogP contribution in [0.3, 0.4) is 0 Å². The summed E-state index contributed by atoms with van der Waals surface area (Å²) in [5, 5.41) is 3.62. The maximum absolute atomic E-state index is 14.3. The Morgan fingerprint density at radius 2 is 1.69 bits per heavy atom. The van der Waals surface area contributed by atoms with Gasteiger partial charge in [-0.25, -0.2) is 4.39 Å². The molecule has 3 aromatic rings. The molecule has 0 bridgehead atoms. The van der Waals surface area contributed by atoms with Gasteiger partial charge in [0.05, 0.1) is 33.1 Å². The van der Waals surface area contributed by atoms with Gasteiger partial charge < -0.3 is 18.7 Å². The third-order valence-corrected chi connectivity index (χ3v) is 3.86. The molecule has 3 rings (SSSR count). The second kappa shape index (κ2) is 7.26. The van der Waals surface area contributed by atoms with Gasteiger partial charge in [0.2, 0.25) is 5.75 Å². The average molecular weight is 357 g/mol. The summed E-state index contributed by atoms with van der Waals surface area (Å²) < 4.78 is 35.1. The quantitative estimate of drug-likeness (QED) is 0.626. The number of halogens is 1. The van der Waals surface area contributed by atoms with Crippen LogP contribution in [0.2, 0.25) is 0 Å². The largest absolute Gasteiger partial charge is 0.493 e. The van der Waals surface area contributed by atoms with Gasteiger partial charge in [0, 0.05) is 17.2 Å². The maximum Gasteiger partial charge on any atom is 0.203 e. The molecule has 0 atom stereocenters. The monoisotopic (exact) mass is 357 g/mol. The molecule has 6 nitrogen and oxygen atoms in total.